The van der Waals surface area contributed by atoms with Crippen LogP contribution in [0.4, 0.5) is 5.69 Å². The van der Waals surface area contributed by atoms with Gasteiger partial charge in [0.2, 0.25) is 0 Å². The van der Waals surface area contributed by atoms with E-state index in [9.17, 15) is 8.42 Å². The number of hydrogen-bond acceptors (Lipinski definition) is 4. The number of sulfonamides is 1. The second-order valence-corrected chi connectivity index (χ2v) is 8.56. The fourth-order valence-electron chi connectivity index (χ4n) is 2.35. The average molecular weight is 347 g/mol. The molecule has 2 aromatic heterocycles. The maximum absolute atomic E-state index is 12.4. The molecule has 120 valence electrons. The zero-order valence-electron chi connectivity index (χ0n) is 13.1. The van der Waals surface area contributed by atoms with Crippen LogP contribution in [-0.4, -0.2) is 18.2 Å². The van der Waals surface area contributed by atoms with Gasteiger partial charge in [0, 0.05) is 10.6 Å². The SMILES string of the molecule is Cc1cc(C)n(-c2cccc(NS(=O)(=O)c3ccc(C)s3)c2)n1. The van der Waals surface area contributed by atoms with Gasteiger partial charge in [-0.25, -0.2) is 13.1 Å². The van der Waals surface area contributed by atoms with Crippen LogP contribution < -0.4 is 4.72 Å². The molecule has 23 heavy (non-hydrogen) atoms. The lowest BCUT2D eigenvalue weighted by molar-refractivity contribution is 0.603. The van der Waals surface area contributed by atoms with E-state index >= 15 is 0 Å². The molecule has 0 unspecified atom stereocenters. The highest BCUT2D eigenvalue weighted by molar-refractivity contribution is 7.94. The molecule has 0 saturated heterocycles. The summed E-state index contributed by atoms with van der Waals surface area (Å²) < 4.78 is 29.6. The van der Waals surface area contributed by atoms with Crippen molar-refractivity contribution < 1.29 is 8.42 Å². The van der Waals surface area contributed by atoms with Crippen LogP contribution in [-0.2, 0) is 10.0 Å². The van der Waals surface area contributed by atoms with Gasteiger partial charge in [0.05, 0.1) is 17.1 Å². The van der Waals surface area contributed by atoms with Crippen LogP contribution in [0, 0.1) is 20.8 Å². The normalized spacial score (nSPS) is 11.6. The van der Waals surface area contributed by atoms with E-state index in [1.165, 1.54) is 11.3 Å². The lowest BCUT2D eigenvalue weighted by Gasteiger charge is -2.09. The predicted octanol–water partition coefficient (Wildman–Crippen LogP) is 3.66. The van der Waals surface area contributed by atoms with Crippen molar-refractivity contribution in [1.82, 2.24) is 9.78 Å². The molecular weight excluding hydrogens is 330 g/mol. The number of nitrogens with zero attached hydrogens (tertiary/aromatic N) is 2. The molecule has 2 heterocycles. The molecule has 0 fully saturated rings. The zero-order chi connectivity index (χ0) is 16.6. The zero-order valence-corrected chi connectivity index (χ0v) is 14.7. The lowest BCUT2D eigenvalue weighted by Crippen LogP contribution is -2.11. The number of aromatic nitrogens is 2. The predicted molar refractivity (Wildman–Crippen MR) is 92.9 cm³/mol. The first-order valence-corrected chi connectivity index (χ1v) is 9.38. The Morgan fingerprint density at radius 3 is 2.48 bits per heavy atom. The maximum Gasteiger partial charge on any atom is 0.271 e. The summed E-state index contributed by atoms with van der Waals surface area (Å²) in [6.45, 7) is 5.77. The highest BCUT2D eigenvalue weighted by Crippen LogP contribution is 2.24. The Bertz CT molecular complexity index is 955. The van der Waals surface area contributed by atoms with E-state index < -0.39 is 10.0 Å². The molecule has 5 nitrogen and oxygen atoms in total. The number of rotatable bonds is 4. The van der Waals surface area contributed by atoms with Crippen LogP contribution in [0.1, 0.15) is 16.3 Å². The summed E-state index contributed by atoms with van der Waals surface area (Å²) in [4.78, 5) is 0.960. The third-order valence-electron chi connectivity index (χ3n) is 3.33. The molecule has 1 N–H and O–H groups in total. The van der Waals surface area contributed by atoms with Gasteiger partial charge in [-0.1, -0.05) is 6.07 Å². The van der Waals surface area contributed by atoms with Crippen molar-refractivity contribution in [1.29, 1.82) is 0 Å². The minimum Gasteiger partial charge on any atom is -0.279 e. The highest BCUT2D eigenvalue weighted by Gasteiger charge is 2.16. The number of benzene rings is 1. The smallest absolute Gasteiger partial charge is 0.271 e. The van der Waals surface area contributed by atoms with Crippen LogP contribution in [0.25, 0.3) is 5.69 Å². The van der Waals surface area contributed by atoms with Crippen LogP contribution in [0.2, 0.25) is 0 Å². The summed E-state index contributed by atoms with van der Waals surface area (Å²) in [5, 5.41) is 4.42. The number of thiophene rings is 1. The Morgan fingerprint density at radius 1 is 1.09 bits per heavy atom. The van der Waals surface area contributed by atoms with Crippen molar-refractivity contribution in [3.05, 3.63) is 58.7 Å². The largest absolute Gasteiger partial charge is 0.279 e. The Kier molecular flexibility index (Phi) is 3.99. The molecule has 0 bridgehead atoms. The quantitative estimate of drug-likeness (QED) is 0.783. The molecular formula is C16H17N3O2S2. The standard InChI is InChI=1S/C16H17N3O2S2/c1-11-9-12(2)19(17-11)15-6-4-5-14(10-15)18-23(20,21)16-8-7-13(3)22-16/h4-10,18H,1-3H3. The molecule has 0 radical (unpaired) electrons. The van der Waals surface area contributed by atoms with E-state index in [2.05, 4.69) is 9.82 Å². The van der Waals surface area contributed by atoms with E-state index in [4.69, 9.17) is 0 Å². The third-order valence-corrected chi connectivity index (χ3v) is 6.21. The summed E-state index contributed by atoms with van der Waals surface area (Å²) in [6, 6.07) is 12.6. The molecule has 0 atom stereocenters. The summed E-state index contributed by atoms with van der Waals surface area (Å²) in [7, 11) is -3.56. The molecule has 3 rings (SSSR count). The monoisotopic (exact) mass is 347 g/mol. The lowest BCUT2D eigenvalue weighted by atomic mass is 10.3. The van der Waals surface area contributed by atoms with Gasteiger partial charge in [-0.2, -0.15) is 5.10 Å². The van der Waals surface area contributed by atoms with Crippen molar-refractivity contribution >= 4 is 27.0 Å². The van der Waals surface area contributed by atoms with E-state index in [0.717, 1.165) is 22.0 Å². The maximum atomic E-state index is 12.4. The van der Waals surface area contributed by atoms with E-state index in [1.54, 1.807) is 28.9 Å². The molecule has 0 aliphatic carbocycles. The van der Waals surface area contributed by atoms with Gasteiger partial charge in [-0.15, -0.1) is 11.3 Å². The van der Waals surface area contributed by atoms with E-state index in [1.807, 2.05) is 39.0 Å². The van der Waals surface area contributed by atoms with Crippen molar-refractivity contribution in [2.45, 2.75) is 25.0 Å². The first-order chi connectivity index (χ1) is 10.8. The number of hydrogen-bond donors (Lipinski definition) is 1. The van der Waals surface area contributed by atoms with E-state index in [-0.39, 0.29) is 0 Å². The fourth-order valence-corrected chi connectivity index (χ4v) is 4.69. The number of anilines is 1. The van der Waals surface area contributed by atoms with Crippen molar-refractivity contribution in [2.24, 2.45) is 0 Å². The van der Waals surface area contributed by atoms with Crippen molar-refractivity contribution in [3.8, 4) is 5.69 Å². The molecule has 7 heteroatoms. The first kappa shape index (κ1) is 15.8. The van der Waals surface area contributed by atoms with E-state index in [0.29, 0.717) is 9.90 Å². The molecule has 0 saturated carbocycles. The third kappa shape index (κ3) is 3.30. The molecule has 0 aliphatic rings. The van der Waals surface area contributed by atoms with Gasteiger partial charge in [-0.3, -0.25) is 4.72 Å². The fraction of sp³-hybridized carbons (Fsp3) is 0.188. The van der Waals surface area contributed by atoms with Crippen LogP contribution in [0.5, 0.6) is 0 Å². The minimum atomic E-state index is -3.56. The van der Waals surface area contributed by atoms with Gasteiger partial charge in [0.1, 0.15) is 4.21 Å². The summed E-state index contributed by atoms with van der Waals surface area (Å²) >= 11 is 1.25. The second-order valence-electron chi connectivity index (χ2n) is 5.36. The van der Waals surface area contributed by atoms with Crippen LogP contribution in [0.15, 0.2) is 46.7 Å². The number of nitrogens with one attached hydrogen (secondary N) is 1. The summed E-state index contributed by atoms with van der Waals surface area (Å²) in [5.41, 5.74) is 3.25. The molecule has 0 amide bonds. The average Bonchev–Trinajstić information content (AvgIpc) is 3.05. The Morgan fingerprint density at radius 2 is 1.87 bits per heavy atom. The first-order valence-electron chi connectivity index (χ1n) is 7.08. The Labute approximate surface area is 139 Å². The van der Waals surface area contributed by atoms with Gasteiger partial charge < -0.3 is 0 Å². The summed E-state index contributed by atoms with van der Waals surface area (Å²) in [6.07, 6.45) is 0. The molecule has 0 spiro atoms. The van der Waals surface area contributed by atoms with Crippen molar-refractivity contribution in [2.75, 3.05) is 4.72 Å². The van der Waals surface area contributed by atoms with Crippen molar-refractivity contribution in [3.63, 3.8) is 0 Å². The highest BCUT2D eigenvalue weighted by atomic mass is 32.2. The van der Waals surface area contributed by atoms with Gasteiger partial charge in [0.15, 0.2) is 0 Å². The van der Waals surface area contributed by atoms with Crippen LogP contribution >= 0.6 is 11.3 Å². The number of aryl methyl sites for hydroxylation is 3. The van der Waals surface area contributed by atoms with Gasteiger partial charge in [0.25, 0.3) is 10.0 Å². The van der Waals surface area contributed by atoms with Gasteiger partial charge >= 0.3 is 0 Å². The topological polar surface area (TPSA) is 64.0 Å². The Hall–Kier alpha value is -2.12. The Balaban J connectivity index is 1.93. The van der Waals surface area contributed by atoms with Crippen LogP contribution in [0.3, 0.4) is 0 Å². The minimum absolute atomic E-state index is 0.312. The second kappa shape index (κ2) is 5.82. The summed E-state index contributed by atoms with van der Waals surface area (Å²) in [5.74, 6) is 0. The molecule has 3 aromatic rings. The molecule has 0 aliphatic heterocycles. The van der Waals surface area contributed by atoms with Gasteiger partial charge in [-0.05, 0) is 57.2 Å². The molecule has 1 aromatic carbocycles.